The van der Waals surface area contributed by atoms with E-state index in [0.717, 1.165) is 31.9 Å². The molecule has 0 saturated carbocycles. The molecule has 116 valence electrons. The molecule has 0 fully saturated rings. The van der Waals surface area contributed by atoms with Gasteiger partial charge >= 0.3 is 0 Å². The molecule has 0 unspecified atom stereocenters. The van der Waals surface area contributed by atoms with Crippen molar-refractivity contribution in [1.82, 2.24) is 14.5 Å². The predicted molar refractivity (Wildman–Crippen MR) is 91.5 cm³/mol. The van der Waals surface area contributed by atoms with Crippen LogP contribution in [-0.2, 0) is 19.5 Å². The van der Waals surface area contributed by atoms with Crippen LogP contribution in [0.25, 0.3) is 0 Å². The molecule has 0 saturated heterocycles. The number of nitrogens with zero attached hydrogens (tertiary/aromatic N) is 4. The summed E-state index contributed by atoms with van der Waals surface area (Å²) < 4.78 is 2.15. The summed E-state index contributed by atoms with van der Waals surface area (Å²) in [6.07, 6.45) is 8.87. The van der Waals surface area contributed by atoms with Gasteiger partial charge in [-0.2, -0.15) is 0 Å². The minimum Gasteiger partial charge on any atom is -0.366 e. The van der Waals surface area contributed by atoms with Crippen molar-refractivity contribution in [1.29, 1.82) is 0 Å². The Bertz CT molecular complexity index is 821. The molecule has 1 aliphatic rings. The second-order valence-corrected chi connectivity index (χ2v) is 6.09. The number of pyridine rings is 1. The van der Waals surface area contributed by atoms with Gasteiger partial charge in [-0.05, 0) is 36.1 Å². The van der Waals surface area contributed by atoms with Gasteiger partial charge in [-0.3, -0.25) is 4.98 Å². The number of anilines is 1. The highest BCUT2D eigenvalue weighted by molar-refractivity contribution is 5.49. The van der Waals surface area contributed by atoms with Crippen LogP contribution in [0.15, 0.2) is 55.1 Å². The Labute approximate surface area is 136 Å². The normalized spacial score (nSPS) is 13.9. The third kappa shape index (κ3) is 2.84. The SMILES string of the molecule is Cc1nccn1Cc1cncc(N2CCc3ccccc3C2)c1. The van der Waals surface area contributed by atoms with Gasteiger partial charge in [-0.15, -0.1) is 0 Å². The van der Waals surface area contributed by atoms with E-state index in [-0.39, 0.29) is 0 Å². The number of benzene rings is 1. The molecule has 4 rings (SSSR count). The van der Waals surface area contributed by atoms with Gasteiger partial charge in [0.1, 0.15) is 5.82 Å². The Morgan fingerprint density at radius 3 is 2.83 bits per heavy atom. The van der Waals surface area contributed by atoms with E-state index in [0.29, 0.717) is 0 Å². The molecule has 4 nitrogen and oxygen atoms in total. The van der Waals surface area contributed by atoms with Crippen molar-refractivity contribution in [2.45, 2.75) is 26.4 Å². The molecule has 0 spiro atoms. The molecule has 4 heteroatoms. The largest absolute Gasteiger partial charge is 0.366 e. The summed E-state index contributed by atoms with van der Waals surface area (Å²) in [5, 5.41) is 0. The highest BCUT2D eigenvalue weighted by Gasteiger charge is 2.16. The van der Waals surface area contributed by atoms with E-state index in [1.165, 1.54) is 22.4 Å². The predicted octanol–water partition coefficient (Wildman–Crippen LogP) is 3.20. The van der Waals surface area contributed by atoms with Crippen molar-refractivity contribution < 1.29 is 0 Å². The maximum atomic E-state index is 4.45. The van der Waals surface area contributed by atoms with Crippen molar-refractivity contribution in [3.63, 3.8) is 0 Å². The summed E-state index contributed by atoms with van der Waals surface area (Å²) in [5.41, 5.74) is 5.31. The zero-order valence-corrected chi connectivity index (χ0v) is 13.3. The maximum Gasteiger partial charge on any atom is 0.105 e. The highest BCUT2D eigenvalue weighted by Crippen LogP contribution is 2.24. The topological polar surface area (TPSA) is 34.0 Å². The fourth-order valence-corrected chi connectivity index (χ4v) is 3.22. The van der Waals surface area contributed by atoms with Gasteiger partial charge in [-0.25, -0.2) is 4.98 Å². The fraction of sp³-hybridized carbons (Fsp3) is 0.263. The minimum atomic E-state index is 0.817. The molecule has 1 aromatic carbocycles. The van der Waals surface area contributed by atoms with Gasteiger partial charge in [0.15, 0.2) is 0 Å². The summed E-state index contributed by atoms with van der Waals surface area (Å²) in [5.74, 6) is 1.03. The van der Waals surface area contributed by atoms with Crippen LogP contribution in [0.2, 0.25) is 0 Å². The van der Waals surface area contributed by atoms with E-state index in [2.05, 4.69) is 49.8 Å². The summed E-state index contributed by atoms with van der Waals surface area (Å²) in [6, 6.07) is 11.0. The van der Waals surface area contributed by atoms with Gasteiger partial charge < -0.3 is 9.47 Å². The van der Waals surface area contributed by atoms with E-state index >= 15 is 0 Å². The first-order valence-electron chi connectivity index (χ1n) is 8.03. The van der Waals surface area contributed by atoms with Gasteiger partial charge in [-0.1, -0.05) is 24.3 Å². The first-order chi connectivity index (χ1) is 11.3. The Balaban J connectivity index is 1.56. The zero-order valence-electron chi connectivity index (χ0n) is 13.3. The van der Waals surface area contributed by atoms with Crippen molar-refractivity contribution in [3.8, 4) is 0 Å². The fourth-order valence-electron chi connectivity index (χ4n) is 3.22. The maximum absolute atomic E-state index is 4.45. The lowest BCUT2D eigenvalue weighted by Crippen LogP contribution is -2.30. The molecule has 0 radical (unpaired) electrons. The van der Waals surface area contributed by atoms with Crippen LogP contribution in [0.4, 0.5) is 5.69 Å². The van der Waals surface area contributed by atoms with Crippen molar-refractivity contribution >= 4 is 5.69 Å². The van der Waals surface area contributed by atoms with Gasteiger partial charge in [0.25, 0.3) is 0 Å². The zero-order chi connectivity index (χ0) is 15.6. The first-order valence-corrected chi connectivity index (χ1v) is 8.03. The van der Waals surface area contributed by atoms with E-state index in [4.69, 9.17) is 0 Å². The molecular formula is C19H20N4. The van der Waals surface area contributed by atoms with Gasteiger partial charge in [0, 0.05) is 31.7 Å². The van der Waals surface area contributed by atoms with E-state index < -0.39 is 0 Å². The highest BCUT2D eigenvalue weighted by atomic mass is 15.1. The summed E-state index contributed by atoms with van der Waals surface area (Å²) in [6.45, 7) is 4.85. The molecule has 0 amide bonds. The van der Waals surface area contributed by atoms with Crippen LogP contribution < -0.4 is 4.90 Å². The quantitative estimate of drug-likeness (QED) is 0.745. The summed E-state index contributed by atoms with van der Waals surface area (Å²) >= 11 is 0. The third-order valence-electron chi connectivity index (χ3n) is 4.55. The smallest absolute Gasteiger partial charge is 0.105 e. The lowest BCUT2D eigenvalue weighted by molar-refractivity contribution is 0.724. The van der Waals surface area contributed by atoms with Crippen molar-refractivity contribution in [3.05, 3.63) is 77.6 Å². The van der Waals surface area contributed by atoms with Gasteiger partial charge in [0.2, 0.25) is 0 Å². The number of hydrogen-bond donors (Lipinski definition) is 0. The van der Waals surface area contributed by atoms with Crippen LogP contribution in [-0.4, -0.2) is 21.1 Å². The molecule has 0 N–H and O–H groups in total. The Morgan fingerprint density at radius 2 is 2.00 bits per heavy atom. The van der Waals surface area contributed by atoms with Crippen LogP contribution in [0, 0.1) is 6.92 Å². The summed E-state index contributed by atoms with van der Waals surface area (Å²) in [4.78, 5) is 11.1. The number of aryl methyl sites for hydroxylation is 1. The van der Waals surface area contributed by atoms with Crippen molar-refractivity contribution in [2.24, 2.45) is 0 Å². The average molecular weight is 304 g/mol. The standard InChI is InChI=1S/C19H20N4/c1-15-21-7-9-22(15)13-16-10-19(12-20-11-16)23-8-6-17-4-2-3-5-18(17)14-23/h2-5,7,9-12H,6,8,13-14H2,1H3. The van der Waals surface area contributed by atoms with Crippen LogP contribution in [0.5, 0.6) is 0 Å². The number of hydrogen-bond acceptors (Lipinski definition) is 3. The van der Waals surface area contributed by atoms with Crippen molar-refractivity contribution in [2.75, 3.05) is 11.4 Å². The van der Waals surface area contributed by atoms with E-state index in [1.54, 1.807) is 0 Å². The molecule has 23 heavy (non-hydrogen) atoms. The number of imidazole rings is 1. The Morgan fingerprint density at radius 1 is 1.13 bits per heavy atom. The number of aromatic nitrogens is 3. The Hall–Kier alpha value is -2.62. The third-order valence-corrected chi connectivity index (χ3v) is 4.55. The number of rotatable bonds is 3. The second kappa shape index (κ2) is 5.88. The van der Waals surface area contributed by atoms with Crippen LogP contribution >= 0.6 is 0 Å². The molecule has 3 heterocycles. The monoisotopic (exact) mass is 304 g/mol. The summed E-state index contributed by atoms with van der Waals surface area (Å²) in [7, 11) is 0. The van der Waals surface area contributed by atoms with Gasteiger partial charge in [0.05, 0.1) is 18.4 Å². The molecule has 0 bridgehead atoms. The van der Waals surface area contributed by atoms with E-state index in [1.807, 2.05) is 31.7 Å². The van der Waals surface area contributed by atoms with E-state index in [9.17, 15) is 0 Å². The lowest BCUT2D eigenvalue weighted by atomic mass is 9.99. The first kappa shape index (κ1) is 14.0. The Kier molecular flexibility index (Phi) is 3.58. The molecule has 1 aliphatic heterocycles. The van der Waals surface area contributed by atoms with Crippen LogP contribution in [0.1, 0.15) is 22.5 Å². The lowest BCUT2D eigenvalue weighted by Gasteiger charge is -2.30. The minimum absolute atomic E-state index is 0.817. The van der Waals surface area contributed by atoms with Crippen LogP contribution in [0.3, 0.4) is 0 Å². The molecule has 3 aromatic rings. The molecule has 0 aliphatic carbocycles. The second-order valence-electron chi connectivity index (χ2n) is 6.09. The number of fused-ring (bicyclic) bond motifs is 1. The average Bonchev–Trinajstić information content (AvgIpc) is 2.99. The molecular weight excluding hydrogens is 284 g/mol. The molecule has 2 aromatic heterocycles. The molecule has 0 atom stereocenters.